The molecule has 0 aromatic carbocycles. The highest BCUT2D eigenvalue weighted by Gasteiger charge is 2.25. The van der Waals surface area contributed by atoms with E-state index in [1.807, 2.05) is 18.7 Å². The molecule has 0 unspecified atom stereocenters. The summed E-state index contributed by atoms with van der Waals surface area (Å²) in [6.07, 6.45) is 4.60. The number of H-pyrrole nitrogens is 1. The second-order valence-corrected chi connectivity index (χ2v) is 5.19. The van der Waals surface area contributed by atoms with Crippen molar-refractivity contribution >= 4 is 11.8 Å². The molecule has 6 nitrogen and oxygen atoms in total. The van der Waals surface area contributed by atoms with Gasteiger partial charge >= 0.3 is 0 Å². The van der Waals surface area contributed by atoms with Crippen LogP contribution in [0, 0.1) is 5.92 Å². The molecular formula is C13H20N4O2. The van der Waals surface area contributed by atoms with Gasteiger partial charge in [-0.1, -0.05) is 13.8 Å². The molecule has 1 aromatic rings. The number of hydrogen-bond donors (Lipinski definition) is 2. The Kier molecular flexibility index (Phi) is 4.19. The zero-order valence-electron chi connectivity index (χ0n) is 11.3. The van der Waals surface area contributed by atoms with Gasteiger partial charge < -0.3 is 15.2 Å². The van der Waals surface area contributed by atoms with Crippen molar-refractivity contribution in [2.45, 2.75) is 32.7 Å². The maximum absolute atomic E-state index is 11.8. The molecule has 2 N–H and O–H groups in total. The number of nitrogens with zero attached hydrogens (tertiary/aromatic N) is 2. The molecule has 1 fully saturated rings. The highest BCUT2D eigenvalue weighted by Crippen LogP contribution is 2.13. The van der Waals surface area contributed by atoms with Crippen molar-refractivity contribution in [3.8, 4) is 0 Å². The minimum absolute atomic E-state index is 0.0381. The molecule has 2 heterocycles. The minimum Gasteiger partial charge on any atom is -0.348 e. The fraction of sp³-hybridized carbons (Fsp3) is 0.615. The van der Waals surface area contributed by atoms with Crippen LogP contribution >= 0.6 is 0 Å². The molecule has 1 saturated heterocycles. The SMILES string of the molecule is CC(C)C(=O)N1CCC(NC(=O)c2cnc[nH]2)CC1. The van der Waals surface area contributed by atoms with E-state index >= 15 is 0 Å². The van der Waals surface area contributed by atoms with Crippen molar-refractivity contribution in [3.63, 3.8) is 0 Å². The summed E-state index contributed by atoms with van der Waals surface area (Å²) in [5.41, 5.74) is 0.473. The van der Waals surface area contributed by atoms with Crippen LogP contribution in [0.2, 0.25) is 0 Å². The van der Waals surface area contributed by atoms with Crippen LogP contribution in [0.3, 0.4) is 0 Å². The zero-order valence-corrected chi connectivity index (χ0v) is 11.3. The Morgan fingerprint density at radius 2 is 2.11 bits per heavy atom. The van der Waals surface area contributed by atoms with Crippen LogP contribution in [0.25, 0.3) is 0 Å². The Hall–Kier alpha value is -1.85. The third kappa shape index (κ3) is 3.33. The molecule has 6 heteroatoms. The van der Waals surface area contributed by atoms with Crippen molar-refractivity contribution < 1.29 is 9.59 Å². The summed E-state index contributed by atoms with van der Waals surface area (Å²) in [5.74, 6) is 0.0978. The second kappa shape index (κ2) is 5.86. The summed E-state index contributed by atoms with van der Waals surface area (Å²) in [5, 5.41) is 2.96. The molecule has 0 bridgehead atoms. The minimum atomic E-state index is -0.133. The van der Waals surface area contributed by atoms with Crippen LogP contribution in [-0.4, -0.2) is 45.8 Å². The van der Waals surface area contributed by atoms with Crippen molar-refractivity contribution in [2.24, 2.45) is 5.92 Å². The first-order chi connectivity index (χ1) is 9.08. The van der Waals surface area contributed by atoms with E-state index in [0.29, 0.717) is 18.8 Å². The monoisotopic (exact) mass is 264 g/mol. The summed E-state index contributed by atoms with van der Waals surface area (Å²) >= 11 is 0. The second-order valence-electron chi connectivity index (χ2n) is 5.19. The number of likely N-dealkylation sites (tertiary alicyclic amines) is 1. The van der Waals surface area contributed by atoms with Gasteiger partial charge in [-0.25, -0.2) is 4.98 Å². The van der Waals surface area contributed by atoms with E-state index in [0.717, 1.165) is 12.8 Å². The molecule has 2 rings (SSSR count). The Balaban J connectivity index is 1.81. The predicted octanol–water partition coefficient (Wildman–Crippen LogP) is 0.786. The van der Waals surface area contributed by atoms with Crippen molar-refractivity contribution in [2.75, 3.05) is 13.1 Å². The lowest BCUT2D eigenvalue weighted by Gasteiger charge is -2.33. The van der Waals surface area contributed by atoms with Crippen LogP contribution in [0.4, 0.5) is 0 Å². The van der Waals surface area contributed by atoms with E-state index in [1.54, 1.807) is 0 Å². The van der Waals surface area contributed by atoms with E-state index in [-0.39, 0.29) is 23.8 Å². The Bertz CT molecular complexity index is 434. The molecule has 0 spiro atoms. The predicted molar refractivity (Wildman–Crippen MR) is 70.5 cm³/mol. The van der Waals surface area contributed by atoms with E-state index < -0.39 is 0 Å². The average molecular weight is 264 g/mol. The van der Waals surface area contributed by atoms with Gasteiger partial charge in [-0.2, -0.15) is 0 Å². The Morgan fingerprint density at radius 3 is 2.63 bits per heavy atom. The molecule has 1 aliphatic rings. The van der Waals surface area contributed by atoms with E-state index in [9.17, 15) is 9.59 Å². The van der Waals surface area contributed by atoms with E-state index in [2.05, 4.69) is 15.3 Å². The third-order valence-electron chi connectivity index (χ3n) is 3.38. The number of aromatic nitrogens is 2. The molecular weight excluding hydrogens is 244 g/mol. The van der Waals surface area contributed by atoms with Gasteiger partial charge in [0.2, 0.25) is 5.91 Å². The Labute approximate surface area is 112 Å². The lowest BCUT2D eigenvalue weighted by atomic mass is 10.0. The molecule has 0 saturated carbocycles. The van der Waals surface area contributed by atoms with Gasteiger partial charge in [-0.3, -0.25) is 9.59 Å². The summed E-state index contributed by atoms with van der Waals surface area (Å²) in [4.78, 5) is 32.2. The van der Waals surface area contributed by atoms with Gasteiger partial charge in [-0.05, 0) is 12.8 Å². The van der Waals surface area contributed by atoms with Gasteiger partial charge in [0.25, 0.3) is 5.91 Å². The maximum Gasteiger partial charge on any atom is 0.269 e. The molecule has 2 amide bonds. The first kappa shape index (κ1) is 13.6. The molecule has 0 radical (unpaired) electrons. The molecule has 1 aromatic heterocycles. The highest BCUT2D eigenvalue weighted by molar-refractivity contribution is 5.92. The summed E-state index contributed by atoms with van der Waals surface area (Å²) in [7, 11) is 0. The van der Waals surface area contributed by atoms with Crippen molar-refractivity contribution in [1.82, 2.24) is 20.2 Å². The zero-order chi connectivity index (χ0) is 13.8. The first-order valence-electron chi connectivity index (χ1n) is 6.66. The van der Waals surface area contributed by atoms with Crippen LogP contribution in [0.5, 0.6) is 0 Å². The largest absolute Gasteiger partial charge is 0.348 e. The van der Waals surface area contributed by atoms with Crippen molar-refractivity contribution in [1.29, 1.82) is 0 Å². The summed E-state index contributed by atoms with van der Waals surface area (Å²) in [6, 6.07) is 0.131. The van der Waals surface area contributed by atoms with Crippen LogP contribution < -0.4 is 5.32 Å². The van der Waals surface area contributed by atoms with Crippen LogP contribution in [0.1, 0.15) is 37.2 Å². The number of hydrogen-bond acceptors (Lipinski definition) is 3. The van der Waals surface area contributed by atoms with Gasteiger partial charge in [0, 0.05) is 25.0 Å². The lowest BCUT2D eigenvalue weighted by Crippen LogP contribution is -2.47. The normalized spacial score (nSPS) is 16.7. The summed E-state index contributed by atoms with van der Waals surface area (Å²) < 4.78 is 0. The van der Waals surface area contributed by atoms with E-state index in [1.165, 1.54) is 12.5 Å². The molecule has 1 aliphatic heterocycles. The summed E-state index contributed by atoms with van der Waals surface area (Å²) in [6.45, 7) is 5.25. The highest BCUT2D eigenvalue weighted by atomic mass is 16.2. The molecule has 19 heavy (non-hydrogen) atoms. The van der Waals surface area contributed by atoms with Gasteiger partial charge in [0.15, 0.2) is 0 Å². The van der Waals surface area contributed by atoms with Crippen molar-refractivity contribution in [3.05, 3.63) is 18.2 Å². The fourth-order valence-electron chi connectivity index (χ4n) is 2.25. The number of imidazole rings is 1. The van der Waals surface area contributed by atoms with Crippen LogP contribution in [0.15, 0.2) is 12.5 Å². The topological polar surface area (TPSA) is 78.1 Å². The first-order valence-corrected chi connectivity index (χ1v) is 6.66. The van der Waals surface area contributed by atoms with Gasteiger partial charge in [-0.15, -0.1) is 0 Å². The quantitative estimate of drug-likeness (QED) is 0.847. The maximum atomic E-state index is 11.8. The lowest BCUT2D eigenvalue weighted by molar-refractivity contribution is -0.135. The number of piperidine rings is 1. The van der Waals surface area contributed by atoms with Gasteiger partial charge in [0.1, 0.15) is 5.69 Å². The number of aromatic amines is 1. The smallest absolute Gasteiger partial charge is 0.269 e. The average Bonchev–Trinajstić information content (AvgIpc) is 2.92. The number of amides is 2. The van der Waals surface area contributed by atoms with E-state index in [4.69, 9.17) is 0 Å². The fourth-order valence-corrected chi connectivity index (χ4v) is 2.25. The number of nitrogens with one attached hydrogen (secondary N) is 2. The molecule has 0 aliphatic carbocycles. The van der Waals surface area contributed by atoms with Gasteiger partial charge in [0.05, 0.1) is 12.5 Å². The molecule has 0 atom stereocenters. The van der Waals surface area contributed by atoms with Crippen LogP contribution in [-0.2, 0) is 4.79 Å². The third-order valence-corrected chi connectivity index (χ3v) is 3.38. The molecule has 104 valence electrons. The standard InChI is InChI=1S/C13H20N4O2/c1-9(2)13(19)17-5-3-10(4-6-17)16-12(18)11-7-14-8-15-11/h7-10H,3-6H2,1-2H3,(H,14,15)(H,16,18). The Morgan fingerprint density at radius 1 is 1.42 bits per heavy atom. The number of carbonyl (C=O) groups is 2. The number of carbonyl (C=O) groups excluding carboxylic acids is 2. The number of rotatable bonds is 3.